The number of hydrogen-bond donors (Lipinski definition) is 2. The van der Waals surface area contributed by atoms with Gasteiger partial charge >= 0.3 is 5.97 Å². The third-order valence-corrected chi connectivity index (χ3v) is 17.7. The van der Waals surface area contributed by atoms with Crippen LogP contribution in [0.3, 0.4) is 0 Å². The van der Waals surface area contributed by atoms with E-state index in [0.29, 0.717) is 44.2 Å². The molecule has 1 aromatic heterocycles. The summed E-state index contributed by atoms with van der Waals surface area (Å²) in [6.07, 6.45) is 9.63. The van der Waals surface area contributed by atoms with Gasteiger partial charge in [0.2, 0.25) is 0 Å². The van der Waals surface area contributed by atoms with Crippen molar-refractivity contribution in [3.8, 4) is 17.1 Å². The number of rotatable bonds is 10. The summed E-state index contributed by atoms with van der Waals surface area (Å²) in [4.78, 5) is 18.5. The highest BCUT2D eigenvalue weighted by Gasteiger charge is 2.72. The Morgan fingerprint density at radius 3 is 2.36 bits per heavy atom. The van der Waals surface area contributed by atoms with Crippen LogP contribution in [0.2, 0.25) is 0 Å². The number of fused-ring (bicyclic) bond motifs is 3. The number of carbonyl (C=O) groups is 1. The van der Waals surface area contributed by atoms with Crippen LogP contribution in [0.25, 0.3) is 11.4 Å². The average molecular weight is 773 g/mol. The van der Waals surface area contributed by atoms with E-state index in [2.05, 4.69) is 99.1 Å². The van der Waals surface area contributed by atoms with Gasteiger partial charge in [0.05, 0.1) is 44.5 Å². The Kier molecular flexibility index (Phi) is 10.3. The van der Waals surface area contributed by atoms with E-state index in [1.54, 1.807) is 6.33 Å². The molecule has 3 saturated carbocycles. The summed E-state index contributed by atoms with van der Waals surface area (Å²) in [5.41, 5.74) is 7.41. The van der Waals surface area contributed by atoms with Crippen LogP contribution in [0.4, 0.5) is 0 Å². The highest BCUT2D eigenvalue weighted by atomic mass is 16.5. The second-order valence-corrected chi connectivity index (χ2v) is 21.5. The third-order valence-electron chi connectivity index (χ3n) is 17.7. The minimum absolute atomic E-state index is 0.131. The fraction of sp³-hybridized carbons (Fsp3) is 0.766. The lowest BCUT2D eigenvalue weighted by Gasteiger charge is -2.71. The summed E-state index contributed by atoms with van der Waals surface area (Å²) in [6, 6.07) is 8.03. The van der Waals surface area contributed by atoms with Crippen LogP contribution >= 0.6 is 0 Å². The first-order chi connectivity index (χ1) is 26.1. The number of allylic oxidation sites excluding steroid dienone is 1. The van der Waals surface area contributed by atoms with E-state index in [4.69, 9.17) is 30.0 Å². The summed E-state index contributed by atoms with van der Waals surface area (Å²) < 4.78 is 22.0. The van der Waals surface area contributed by atoms with Gasteiger partial charge in [0.25, 0.3) is 0 Å². The molecule has 56 heavy (non-hydrogen) atoms. The molecule has 12 atom stereocenters. The van der Waals surface area contributed by atoms with Crippen LogP contribution < -0.4 is 10.5 Å². The second-order valence-electron chi connectivity index (χ2n) is 21.5. The molecule has 0 amide bonds. The van der Waals surface area contributed by atoms with Crippen LogP contribution in [0, 0.1) is 62.1 Å². The molecule has 1 aromatic carbocycles. The van der Waals surface area contributed by atoms with E-state index in [0.717, 1.165) is 55.7 Å². The van der Waals surface area contributed by atoms with Gasteiger partial charge in [0.1, 0.15) is 12.1 Å². The molecule has 2 aromatic rings. The van der Waals surface area contributed by atoms with Gasteiger partial charge in [-0.15, -0.1) is 0 Å². The standard InChI is InChI=1S/C47H72N4O5/c1-13-55-32-16-14-31(15-17-32)39-49-28-50-51(39)35-24-47-27-54-25-43(9,38(35)56-26-46(12,48)41(5,6)7)36(47)19-18-33-34(47)20-21-45(11)37(40(52)53)42(8,30(4)29(2)3)22-23-44(33,45)10/h14-17,20,28-30,33,35-38H,13,18-19,21-27,48H2,1-12H3,(H,52,53)/t30-,33+,35-,36+,37-,38+,42-,43-,44-,45+,46+,47+/m1/s1. The maximum atomic E-state index is 13.6. The molecule has 4 fully saturated rings. The van der Waals surface area contributed by atoms with Crippen molar-refractivity contribution in [1.82, 2.24) is 14.8 Å². The fourth-order valence-electron chi connectivity index (χ4n) is 13.2. The largest absolute Gasteiger partial charge is 0.494 e. The Hall–Kier alpha value is -2.75. The SMILES string of the molecule is CCOc1ccc(-c2ncnn2[C@@H]2C[C@@]34COC[C@](C)([C@@H]3CC[C@H]3C4=CC[C@@]4(C)[C@H](C(=O)O)[C@@](C)([C@H](C)C(C)C)CC[C@]34C)[C@H]2OC[C@](C)(N)C(C)(C)C)cc1. The van der Waals surface area contributed by atoms with E-state index in [9.17, 15) is 9.90 Å². The lowest BCUT2D eigenvalue weighted by atomic mass is 9.34. The second kappa shape index (κ2) is 13.9. The van der Waals surface area contributed by atoms with Crippen LogP contribution in [0.15, 0.2) is 42.2 Å². The molecule has 2 bridgehead atoms. The van der Waals surface area contributed by atoms with Crippen molar-refractivity contribution < 1.29 is 24.1 Å². The van der Waals surface area contributed by atoms with Gasteiger partial charge < -0.3 is 25.1 Å². The van der Waals surface area contributed by atoms with Crippen molar-refractivity contribution in [3.05, 3.63) is 42.2 Å². The van der Waals surface area contributed by atoms with Gasteiger partial charge in [-0.05, 0) is 122 Å². The fourth-order valence-corrected chi connectivity index (χ4v) is 13.2. The highest BCUT2D eigenvalue weighted by Crippen LogP contribution is 2.75. The Morgan fingerprint density at radius 1 is 1.04 bits per heavy atom. The predicted molar refractivity (Wildman–Crippen MR) is 221 cm³/mol. The van der Waals surface area contributed by atoms with Crippen molar-refractivity contribution in [1.29, 1.82) is 0 Å². The van der Waals surface area contributed by atoms with Crippen LogP contribution in [-0.2, 0) is 14.3 Å². The lowest BCUT2D eigenvalue weighted by Crippen LogP contribution is -2.69. The molecule has 4 aliphatic carbocycles. The quantitative estimate of drug-likeness (QED) is 0.229. The van der Waals surface area contributed by atoms with Crippen molar-refractivity contribution >= 4 is 5.97 Å². The van der Waals surface area contributed by atoms with Crippen LogP contribution in [-0.4, -0.2) is 63.9 Å². The van der Waals surface area contributed by atoms with E-state index in [1.165, 1.54) is 5.57 Å². The number of ether oxygens (including phenoxy) is 3. The van der Waals surface area contributed by atoms with E-state index < -0.39 is 17.4 Å². The summed E-state index contributed by atoms with van der Waals surface area (Å²) in [7, 11) is 0. The smallest absolute Gasteiger partial charge is 0.307 e. The van der Waals surface area contributed by atoms with E-state index >= 15 is 0 Å². The zero-order valence-electron chi connectivity index (χ0n) is 36.6. The van der Waals surface area contributed by atoms with Crippen molar-refractivity contribution in [2.75, 3.05) is 26.4 Å². The molecule has 2 heterocycles. The minimum Gasteiger partial charge on any atom is -0.494 e. The topological polar surface area (TPSA) is 122 Å². The number of aromatic nitrogens is 3. The molecule has 9 nitrogen and oxygen atoms in total. The highest BCUT2D eigenvalue weighted by molar-refractivity contribution is 5.73. The average Bonchev–Trinajstić information content (AvgIpc) is 3.61. The normalized spacial score (nSPS) is 39.8. The zero-order valence-corrected chi connectivity index (χ0v) is 36.6. The van der Waals surface area contributed by atoms with Crippen LogP contribution in [0.5, 0.6) is 5.75 Å². The third kappa shape index (κ3) is 5.97. The number of nitrogens with two attached hydrogens (primary N) is 1. The molecule has 7 rings (SSSR count). The number of benzene rings is 1. The van der Waals surface area contributed by atoms with Gasteiger partial charge in [-0.2, -0.15) is 5.10 Å². The Morgan fingerprint density at radius 2 is 1.73 bits per heavy atom. The van der Waals surface area contributed by atoms with E-state index in [1.807, 2.05) is 19.1 Å². The summed E-state index contributed by atoms with van der Waals surface area (Å²) in [5, 5.41) is 16.2. The molecule has 1 aliphatic heterocycles. The number of carboxylic acids is 1. The van der Waals surface area contributed by atoms with Crippen molar-refractivity contribution in [3.63, 3.8) is 0 Å². The first-order valence-electron chi connectivity index (χ1n) is 21.7. The molecule has 0 spiro atoms. The van der Waals surface area contributed by atoms with Gasteiger partial charge in [0.15, 0.2) is 5.82 Å². The number of carboxylic acid groups (broad SMARTS) is 1. The first kappa shape index (κ1) is 41.4. The first-order valence-corrected chi connectivity index (χ1v) is 21.7. The maximum Gasteiger partial charge on any atom is 0.307 e. The van der Waals surface area contributed by atoms with Crippen molar-refractivity contribution in [2.45, 2.75) is 139 Å². The Bertz CT molecular complexity index is 1810. The zero-order chi connectivity index (χ0) is 40.9. The van der Waals surface area contributed by atoms with Gasteiger partial charge in [-0.3, -0.25) is 4.79 Å². The van der Waals surface area contributed by atoms with Crippen LogP contribution in [0.1, 0.15) is 128 Å². The molecule has 0 unspecified atom stereocenters. The minimum atomic E-state index is -0.626. The molecule has 0 radical (unpaired) electrons. The molecular weight excluding hydrogens is 701 g/mol. The molecule has 310 valence electrons. The maximum absolute atomic E-state index is 13.6. The lowest BCUT2D eigenvalue weighted by molar-refractivity contribution is -0.253. The molecular formula is C47H72N4O5. The molecule has 9 heteroatoms. The van der Waals surface area contributed by atoms with Gasteiger partial charge in [-0.1, -0.05) is 80.9 Å². The van der Waals surface area contributed by atoms with Crippen molar-refractivity contribution in [2.24, 2.45) is 67.8 Å². The number of aliphatic carboxylic acids is 1. The van der Waals surface area contributed by atoms with Gasteiger partial charge in [0, 0.05) is 21.9 Å². The molecule has 5 aliphatic rings. The summed E-state index contributed by atoms with van der Waals surface area (Å²) >= 11 is 0. The number of hydrogen-bond acceptors (Lipinski definition) is 7. The molecule has 3 N–H and O–H groups in total. The Labute approximate surface area is 336 Å². The molecule has 1 saturated heterocycles. The van der Waals surface area contributed by atoms with E-state index in [-0.39, 0.29) is 50.6 Å². The number of nitrogens with zero attached hydrogens (tertiary/aromatic N) is 3. The summed E-state index contributed by atoms with van der Waals surface area (Å²) in [5.74, 6) is 1.91. The Balaban J connectivity index is 1.35. The van der Waals surface area contributed by atoms with Gasteiger partial charge in [-0.25, -0.2) is 9.67 Å². The monoisotopic (exact) mass is 773 g/mol. The predicted octanol–water partition coefficient (Wildman–Crippen LogP) is 9.62. The summed E-state index contributed by atoms with van der Waals surface area (Å²) in [6.45, 7) is 29.2.